The van der Waals surface area contributed by atoms with Crippen LogP contribution in [0.25, 0.3) is 0 Å². The molecule has 1 fully saturated rings. The van der Waals surface area contributed by atoms with Crippen LogP contribution in [0, 0.1) is 0 Å². The van der Waals surface area contributed by atoms with E-state index < -0.39 is 8.45 Å². The summed E-state index contributed by atoms with van der Waals surface area (Å²) in [5.41, 5.74) is 0. The topological polar surface area (TPSA) is 56.8 Å². The van der Waals surface area contributed by atoms with Crippen LogP contribution in [0.4, 0.5) is 0 Å². The predicted octanol–water partition coefficient (Wildman–Crippen LogP) is 2.19. The molecule has 1 saturated heterocycles. The SMILES string of the molecule is ON1PNPNP1Oc1ccccc1. The van der Waals surface area contributed by atoms with Crippen molar-refractivity contribution in [1.82, 2.24) is 14.3 Å². The van der Waals surface area contributed by atoms with E-state index in [1.807, 2.05) is 30.3 Å². The fourth-order valence-corrected chi connectivity index (χ4v) is 4.97. The molecular formula is C6H10N3O2P3. The normalized spacial score (nSPS) is 26.8. The zero-order chi connectivity index (χ0) is 9.80. The second-order valence-electron chi connectivity index (χ2n) is 2.44. The van der Waals surface area contributed by atoms with Crippen molar-refractivity contribution in [3.05, 3.63) is 30.3 Å². The van der Waals surface area contributed by atoms with Crippen LogP contribution in [0.2, 0.25) is 0 Å². The van der Waals surface area contributed by atoms with E-state index in [0.717, 1.165) is 5.75 Å². The summed E-state index contributed by atoms with van der Waals surface area (Å²) in [6.07, 6.45) is 0. The Morgan fingerprint density at radius 1 is 1.36 bits per heavy atom. The number of para-hydroxylation sites is 1. The van der Waals surface area contributed by atoms with Crippen LogP contribution in [0.5, 0.6) is 5.75 Å². The zero-order valence-electron chi connectivity index (χ0n) is 7.14. The Labute approximate surface area is 86.9 Å². The molecule has 0 aromatic heterocycles. The van der Waals surface area contributed by atoms with E-state index in [0.29, 0.717) is 8.88 Å². The zero-order valence-corrected chi connectivity index (χ0v) is 10.0. The molecule has 0 spiro atoms. The van der Waals surface area contributed by atoms with Crippen molar-refractivity contribution in [3.8, 4) is 5.75 Å². The summed E-state index contributed by atoms with van der Waals surface area (Å²) < 4.78 is 6.74. The highest BCUT2D eigenvalue weighted by molar-refractivity contribution is 7.70. The maximum atomic E-state index is 9.46. The van der Waals surface area contributed by atoms with Gasteiger partial charge in [0.25, 0.3) is 8.45 Å². The second-order valence-corrected chi connectivity index (χ2v) is 6.72. The van der Waals surface area contributed by atoms with Crippen molar-refractivity contribution < 1.29 is 9.73 Å². The molecule has 2 rings (SSSR count). The summed E-state index contributed by atoms with van der Waals surface area (Å²) in [5, 5.41) is 9.46. The predicted molar refractivity (Wildman–Crippen MR) is 60.5 cm³/mol. The fourth-order valence-electron chi connectivity index (χ4n) is 0.889. The molecule has 3 N–H and O–H groups in total. The first-order valence-electron chi connectivity index (χ1n) is 3.89. The third kappa shape index (κ3) is 2.82. The molecule has 5 nitrogen and oxygen atoms in total. The minimum Gasteiger partial charge on any atom is -0.443 e. The molecule has 1 aliphatic rings. The Hall–Kier alpha value is 0.150. The van der Waals surface area contributed by atoms with Gasteiger partial charge in [0.05, 0.1) is 8.88 Å². The minimum absolute atomic E-state index is 0.200. The van der Waals surface area contributed by atoms with E-state index in [1.165, 1.54) is 4.60 Å². The summed E-state index contributed by atoms with van der Waals surface area (Å²) in [4.78, 5) is 6.07. The van der Waals surface area contributed by atoms with Gasteiger partial charge in [0.1, 0.15) is 5.75 Å². The molecule has 1 aromatic rings. The van der Waals surface area contributed by atoms with Gasteiger partial charge in [-0.1, -0.05) is 22.8 Å². The molecule has 1 aromatic carbocycles. The minimum atomic E-state index is -1.11. The molecule has 3 unspecified atom stereocenters. The van der Waals surface area contributed by atoms with Crippen molar-refractivity contribution in [1.29, 1.82) is 0 Å². The number of rotatable bonds is 2. The Morgan fingerprint density at radius 3 is 2.86 bits per heavy atom. The molecule has 0 radical (unpaired) electrons. The standard InChI is InChI=1S/C6H10N3O2P3/c10-9-13-7-12-8-14(9)11-6-4-2-1-3-5-6/h1-5,7-8,10,12-13H. The highest BCUT2D eigenvalue weighted by Crippen LogP contribution is 2.49. The summed E-state index contributed by atoms with van der Waals surface area (Å²) in [6, 6.07) is 9.46. The van der Waals surface area contributed by atoms with Crippen LogP contribution in [0.15, 0.2) is 30.3 Å². The average molecular weight is 249 g/mol. The third-order valence-corrected chi connectivity index (χ3v) is 5.41. The second kappa shape index (κ2) is 5.29. The van der Waals surface area contributed by atoms with Crippen LogP contribution in [0.3, 0.4) is 0 Å². The largest absolute Gasteiger partial charge is 0.443 e. The molecule has 8 heteroatoms. The van der Waals surface area contributed by atoms with E-state index in [-0.39, 0.29) is 8.88 Å². The molecule has 0 aliphatic carbocycles. The first kappa shape index (κ1) is 10.7. The Balaban J connectivity index is 1.96. The molecule has 3 atom stereocenters. The monoisotopic (exact) mass is 249 g/mol. The van der Waals surface area contributed by atoms with Gasteiger partial charge in [0.15, 0.2) is 0 Å². The number of nitrogens with zero attached hydrogens (tertiary/aromatic N) is 1. The van der Waals surface area contributed by atoms with Crippen molar-refractivity contribution in [2.45, 2.75) is 0 Å². The molecule has 0 saturated carbocycles. The van der Waals surface area contributed by atoms with Crippen LogP contribution in [-0.4, -0.2) is 9.81 Å². The highest BCUT2D eigenvalue weighted by atomic mass is 31.2. The van der Waals surface area contributed by atoms with Gasteiger partial charge >= 0.3 is 0 Å². The number of hydrogen-bond donors (Lipinski definition) is 3. The average Bonchev–Trinajstić information content (AvgIpc) is 2.23. The van der Waals surface area contributed by atoms with E-state index >= 15 is 0 Å². The Morgan fingerprint density at radius 2 is 2.14 bits per heavy atom. The van der Waals surface area contributed by atoms with Crippen LogP contribution in [-0.2, 0) is 0 Å². The maximum absolute atomic E-state index is 9.46. The van der Waals surface area contributed by atoms with Crippen LogP contribution in [0.1, 0.15) is 0 Å². The lowest BCUT2D eigenvalue weighted by atomic mass is 10.3. The highest BCUT2D eigenvalue weighted by Gasteiger charge is 2.23. The number of benzene rings is 1. The smallest absolute Gasteiger partial charge is 0.279 e. The first-order valence-corrected chi connectivity index (χ1v) is 7.05. The number of hydrogen-bond acceptors (Lipinski definition) is 5. The van der Waals surface area contributed by atoms with Gasteiger partial charge in [-0.15, -0.1) is 0 Å². The molecule has 0 amide bonds. The molecule has 76 valence electrons. The van der Waals surface area contributed by atoms with E-state index in [4.69, 9.17) is 4.52 Å². The maximum Gasteiger partial charge on any atom is 0.279 e. The number of nitrogens with one attached hydrogen (secondary N) is 2. The van der Waals surface area contributed by atoms with Gasteiger partial charge in [-0.3, -0.25) is 4.86 Å². The lowest BCUT2D eigenvalue weighted by Crippen LogP contribution is -2.21. The molecule has 1 heterocycles. The summed E-state index contributed by atoms with van der Waals surface area (Å²) in [6.45, 7) is 0. The van der Waals surface area contributed by atoms with E-state index in [9.17, 15) is 5.21 Å². The van der Waals surface area contributed by atoms with Gasteiger partial charge in [-0.2, -0.15) is 0 Å². The first-order chi connectivity index (χ1) is 6.86. The molecule has 14 heavy (non-hydrogen) atoms. The van der Waals surface area contributed by atoms with E-state index in [1.54, 1.807) is 0 Å². The van der Waals surface area contributed by atoms with Crippen molar-refractivity contribution in [3.63, 3.8) is 0 Å². The van der Waals surface area contributed by atoms with E-state index in [2.05, 4.69) is 9.72 Å². The Kier molecular flexibility index (Phi) is 4.03. The van der Waals surface area contributed by atoms with Crippen LogP contribution < -0.4 is 14.2 Å². The fraction of sp³-hybridized carbons (Fsp3) is 0. The van der Waals surface area contributed by atoms with Gasteiger partial charge in [0.2, 0.25) is 0 Å². The summed E-state index contributed by atoms with van der Waals surface area (Å²) in [5.74, 6) is 0.765. The quantitative estimate of drug-likeness (QED) is 0.701. The van der Waals surface area contributed by atoms with Crippen molar-refractivity contribution in [2.75, 3.05) is 0 Å². The molecular weight excluding hydrogens is 239 g/mol. The lowest BCUT2D eigenvalue weighted by molar-refractivity contribution is 0.0992. The van der Waals surface area contributed by atoms with Crippen LogP contribution >= 0.6 is 26.2 Å². The molecule has 0 bridgehead atoms. The van der Waals surface area contributed by atoms with Crippen molar-refractivity contribution >= 4 is 26.2 Å². The van der Waals surface area contributed by atoms with Gasteiger partial charge < -0.3 is 9.73 Å². The lowest BCUT2D eigenvalue weighted by Gasteiger charge is -2.29. The third-order valence-electron chi connectivity index (χ3n) is 1.48. The van der Waals surface area contributed by atoms with Gasteiger partial charge in [-0.05, 0) is 12.1 Å². The van der Waals surface area contributed by atoms with Crippen molar-refractivity contribution in [2.24, 2.45) is 0 Å². The molecule has 1 aliphatic heterocycles. The Bertz CT molecular complexity index is 289. The summed E-state index contributed by atoms with van der Waals surface area (Å²) in [7, 11) is -0.474. The van der Waals surface area contributed by atoms with Gasteiger partial charge in [-0.25, -0.2) is 4.86 Å². The summed E-state index contributed by atoms with van der Waals surface area (Å²) >= 11 is 0. The van der Waals surface area contributed by atoms with Gasteiger partial charge in [0, 0.05) is 8.88 Å².